The van der Waals surface area contributed by atoms with Gasteiger partial charge in [-0.15, -0.1) is 22.7 Å². The van der Waals surface area contributed by atoms with Gasteiger partial charge in [-0.3, -0.25) is 4.79 Å². The Kier molecular flexibility index (Phi) is 4.50. The summed E-state index contributed by atoms with van der Waals surface area (Å²) in [6.07, 6.45) is 3.55. The summed E-state index contributed by atoms with van der Waals surface area (Å²) < 4.78 is 5.17. The zero-order valence-corrected chi connectivity index (χ0v) is 15.4. The second-order valence-electron chi connectivity index (χ2n) is 5.84. The maximum absolute atomic E-state index is 12.2. The van der Waals surface area contributed by atoms with Gasteiger partial charge in [0.2, 0.25) is 5.91 Å². The van der Waals surface area contributed by atoms with Crippen LogP contribution < -0.4 is 10.1 Å². The number of amides is 1. The monoisotopic (exact) mass is 371 g/mol. The van der Waals surface area contributed by atoms with Crippen molar-refractivity contribution in [3.63, 3.8) is 0 Å². The Morgan fingerprint density at radius 3 is 2.84 bits per heavy atom. The Morgan fingerprint density at radius 2 is 2.08 bits per heavy atom. The third-order valence-electron chi connectivity index (χ3n) is 4.07. The highest BCUT2D eigenvalue weighted by Crippen LogP contribution is 2.30. The summed E-state index contributed by atoms with van der Waals surface area (Å²) >= 11 is 3.13. The molecule has 0 spiro atoms. The van der Waals surface area contributed by atoms with Crippen LogP contribution in [-0.4, -0.2) is 23.0 Å². The van der Waals surface area contributed by atoms with Crippen LogP contribution in [0.5, 0.6) is 5.75 Å². The summed E-state index contributed by atoms with van der Waals surface area (Å²) in [6.45, 7) is 0. The SMILES string of the molecule is COc1ccc(-c2nc(CC(=O)Nc3nc4c(s3)CCC4)cs2)cc1. The molecule has 1 aromatic carbocycles. The number of aromatic nitrogens is 2. The van der Waals surface area contributed by atoms with Gasteiger partial charge in [0.1, 0.15) is 10.8 Å². The van der Waals surface area contributed by atoms with E-state index < -0.39 is 0 Å². The van der Waals surface area contributed by atoms with Crippen LogP contribution in [0.25, 0.3) is 10.6 Å². The van der Waals surface area contributed by atoms with E-state index in [1.54, 1.807) is 18.4 Å². The number of rotatable bonds is 5. The number of fused-ring (bicyclic) bond motifs is 1. The largest absolute Gasteiger partial charge is 0.497 e. The van der Waals surface area contributed by atoms with Gasteiger partial charge in [-0.1, -0.05) is 0 Å². The molecule has 128 valence electrons. The molecule has 0 unspecified atom stereocenters. The lowest BCUT2D eigenvalue weighted by Crippen LogP contribution is -2.14. The molecule has 1 N–H and O–H groups in total. The molecule has 3 aromatic rings. The first-order valence-corrected chi connectivity index (χ1v) is 9.78. The molecule has 0 aliphatic heterocycles. The smallest absolute Gasteiger partial charge is 0.232 e. The van der Waals surface area contributed by atoms with Crippen LogP contribution in [0.2, 0.25) is 0 Å². The van der Waals surface area contributed by atoms with Gasteiger partial charge in [-0.25, -0.2) is 9.97 Å². The number of carbonyl (C=O) groups excluding carboxylic acids is 1. The highest BCUT2D eigenvalue weighted by Gasteiger charge is 2.18. The van der Waals surface area contributed by atoms with E-state index in [9.17, 15) is 4.79 Å². The Labute approximate surface area is 153 Å². The molecule has 1 aliphatic carbocycles. The zero-order chi connectivity index (χ0) is 17.2. The topological polar surface area (TPSA) is 64.1 Å². The standard InChI is InChI=1S/C18H17N3O2S2/c1-23-13-7-5-11(6-8-13)17-19-12(10-24-17)9-16(22)21-18-20-14-3-2-4-15(14)25-18/h5-8,10H,2-4,9H2,1H3,(H,20,21,22). The van der Waals surface area contributed by atoms with Gasteiger partial charge >= 0.3 is 0 Å². The molecule has 0 fully saturated rings. The molecule has 0 saturated heterocycles. The minimum atomic E-state index is -0.0704. The number of ether oxygens (including phenoxy) is 1. The van der Waals surface area contributed by atoms with Crippen molar-refractivity contribution in [2.45, 2.75) is 25.7 Å². The molecule has 0 atom stereocenters. The highest BCUT2D eigenvalue weighted by atomic mass is 32.1. The fourth-order valence-corrected chi connectivity index (χ4v) is 4.72. The van der Waals surface area contributed by atoms with E-state index in [1.165, 1.54) is 22.6 Å². The van der Waals surface area contributed by atoms with Crippen molar-refractivity contribution in [2.24, 2.45) is 0 Å². The lowest BCUT2D eigenvalue weighted by Gasteiger charge is -2.01. The van der Waals surface area contributed by atoms with Crippen molar-refractivity contribution in [3.8, 4) is 16.3 Å². The van der Waals surface area contributed by atoms with Gasteiger partial charge in [0, 0.05) is 15.8 Å². The van der Waals surface area contributed by atoms with Crippen LogP contribution in [-0.2, 0) is 24.1 Å². The third kappa shape index (κ3) is 3.57. The fourth-order valence-electron chi connectivity index (χ4n) is 2.83. The van der Waals surface area contributed by atoms with Crippen LogP contribution in [0.3, 0.4) is 0 Å². The number of nitrogens with one attached hydrogen (secondary N) is 1. The fraction of sp³-hybridized carbons (Fsp3) is 0.278. The van der Waals surface area contributed by atoms with Crippen molar-refractivity contribution < 1.29 is 9.53 Å². The van der Waals surface area contributed by atoms with Gasteiger partial charge in [-0.2, -0.15) is 0 Å². The third-order valence-corrected chi connectivity index (χ3v) is 6.09. The number of hydrogen-bond acceptors (Lipinski definition) is 6. The van der Waals surface area contributed by atoms with Crippen molar-refractivity contribution in [1.29, 1.82) is 0 Å². The zero-order valence-electron chi connectivity index (χ0n) is 13.7. The number of anilines is 1. The van der Waals surface area contributed by atoms with Crippen LogP contribution in [0.1, 0.15) is 22.7 Å². The molecule has 0 radical (unpaired) electrons. The number of carbonyl (C=O) groups is 1. The van der Waals surface area contributed by atoms with E-state index in [4.69, 9.17) is 4.74 Å². The molecule has 1 aliphatic rings. The first-order chi connectivity index (χ1) is 12.2. The molecule has 0 saturated carbocycles. The number of thiazole rings is 2. The van der Waals surface area contributed by atoms with Crippen molar-refractivity contribution in [1.82, 2.24) is 9.97 Å². The van der Waals surface area contributed by atoms with Crippen LogP contribution in [0.4, 0.5) is 5.13 Å². The number of nitrogens with zero attached hydrogens (tertiary/aromatic N) is 2. The molecule has 4 rings (SSSR count). The summed E-state index contributed by atoms with van der Waals surface area (Å²) in [5.74, 6) is 0.745. The van der Waals surface area contributed by atoms with Gasteiger partial charge in [0.15, 0.2) is 5.13 Å². The molecular weight excluding hydrogens is 354 g/mol. The van der Waals surface area contributed by atoms with Crippen LogP contribution >= 0.6 is 22.7 Å². The maximum Gasteiger partial charge on any atom is 0.232 e. The number of benzene rings is 1. The molecule has 25 heavy (non-hydrogen) atoms. The van der Waals surface area contributed by atoms with Crippen molar-refractivity contribution in [3.05, 3.63) is 45.9 Å². The normalized spacial score (nSPS) is 12.8. The van der Waals surface area contributed by atoms with Gasteiger partial charge in [0.25, 0.3) is 0 Å². The van der Waals surface area contributed by atoms with Gasteiger partial charge in [-0.05, 0) is 43.5 Å². The summed E-state index contributed by atoms with van der Waals surface area (Å²) in [5, 5.41) is 6.44. The van der Waals surface area contributed by atoms with Gasteiger partial charge < -0.3 is 10.1 Å². The highest BCUT2D eigenvalue weighted by molar-refractivity contribution is 7.16. The lowest BCUT2D eigenvalue weighted by atomic mass is 10.2. The molecule has 1 amide bonds. The van der Waals surface area contributed by atoms with E-state index in [0.29, 0.717) is 5.13 Å². The second-order valence-corrected chi connectivity index (χ2v) is 7.78. The molecular formula is C18H17N3O2S2. The van der Waals surface area contributed by atoms with Crippen LogP contribution in [0.15, 0.2) is 29.6 Å². The average Bonchev–Trinajstić information content (AvgIpc) is 3.31. The molecule has 0 bridgehead atoms. The molecule has 7 heteroatoms. The Hall–Kier alpha value is -2.25. The summed E-state index contributed by atoms with van der Waals surface area (Å²) in [4.78, 5) is 22.6. The van der Waals surface area contributed by atoms with E-state index in [2.05, 4.69) is 15.3 Å². The summed E-state index contributed by atoms with van der Waals surface area (Å²) in [6, 6.07) is 7.76. The predicted molar refractivity (Wildman–Crippen MR) is 101 cm³/mol. The predicted octanol–water partition coefficient (Wildman–Crippen LogP) is 3.95. The first kappa shape index (κ1) is 16.2. The quantitative estimate of drug-likeness (QED) is 0.738. The number of hydrogen-bond donors (Lipinski definition) is 1. The Bertz CT molecular complexity index is 878. The average molecular weight is 371 g/mol. The van der Waals surface area contributed by atoms with Crippen molar-refractivity contribution in [2.75, 3.05) is 12.4 Å². The lowest BCUT2D eigenvalue weighted by molar-refractivity contribution is -0.115. The molecule has 2 aromatic heterocycles. The van der Waals surface area contributed by atoms with E-state index in [1.807, 2.05) is 29.6 Å². The first-order valence-electron chi connectivity index (χ1n) is 8.08. The maximum atomic E-state index is 12.2. The van der Waals surface area contributed by atoms with Crippen LogP contribution in [0, 0.1) is 0 Å². The van der Waals surface area contributed by atoms with E-state index in [-0.39, 0.29) is 12.3 Å². The van der Waals surface area contributed by atoms with Crippen molar-refractivity contribution >= 4 is 33.7 Å². The number of aryl methyl sites for hydroxylation is 2. The molecule has 2 heterocycles. The Morgan fingerprint density at radius 1 is 1.24 bits per heavy atom. The second kappa shape index (κ2) is 6.93. The summed E-state index contributed by atoms with van der Waals surface area (Å²) in [7, 11) is 1.65. The molecule has 5 nitrogen and oxygen atoms in total. The summed E-state index contributed by atoms with van der Waals surface area (Å²) in [5.41, 5.74) is 2.95. The Balaban J connectivity index is 1.40. The minimum Gasteiger partial charge on any atom is -0.497 e. The van der Waals surface area contributed by atoms with Gasteiger partial charge in [0.05, 0.1) is 24.9 Å². The minimum absolute atomic E-state index is 0.0704. The van der Waals surface area contributed by atoms with E-state index in [0.717, 1.165) is 40.6 Å². The van der Waals surface area contributed by atoms with E-state index >= 15 is 0 Å². The number of methoxy groups -OCH3 is 1.